The fourth-order valence-electron chi connectivity index (χ4n) is 6.24. The Labute approximate surface area is 200 Å². The van der Waals surface area contributed by atoms with Crippen LogP contribution in [-0.4, -0.2) is 35.7 Å². The molecule has 0 bridgehead atoms. The number of rotatable bonds is 6. The molecule has 0 aliphatic heterocycles. The van der Waals surface area contributed by atoms with Crippen LogP contribution in [0.1, 0.15) is 33.6 Å². The van der Waals surface area contributed by atoms with Gasteiger partial charge in [-0.1, -0.05) is 81.4 Å². The lowest BCUT2D eigenvalue weighted by Gasteiger charge is -2.43. The van der Waals surface area contributed by atoms with Crippen LogP contribution in [-0.2, 0) is 9.96 Å². The number of H-pyrrole nitrogens is 1. The lowest BCUT2D eigenvalue weighted by Crippen LogP contribution is -2.67. The molecule has 0 amide bonds. The van der Waals surface area contributed by atoms with Gasteiger partial charge in [0.25, 0.3) is 13.9 Å². The summed E-state index contributed by atoms with van der Waals surface area (Å²) in [4.78, 5) is 26.4. The van der Waals surface area contributed by atoms with Gasteiger partial charge < -0.3 is 9.53 Å². The highest BCUT2D eigenvalue weighted by molar-refractivity contribution is 6.99. The maximum atomic E-state index is 12.5. The summed E-state index contributed by atoms with van der Waals surface area (Å²) in [5.74, 6) is 0.0739. The maximum Gasteiger partial charge on any atom is 0.328 e. The summed E-state index contributed by atoms with van der Waals surface area (Å²) in [6.07, 6.45) is 2.32. The Morgan fingerprint density at radius 3 is 2.12 bits per heavy atom. The quantitative estimate of drug-likeness (QED) is 0.535. The Kier molecular flexibility index (Phi) is 5.54. The molecule has 0 saturated heterocycles. The monoisotopic (exact) mass is 476 g/mol. The number of hydrogen-bond acceptors (Lipinski definition) is 4. The summed E-state index contributed by atoms with van der Waals surface area (Å²) in [5.41, 5.74) is -1.24. The van der Waals surface area contributed by atoms with Crippen LogP contribution in [0.15, 0.2) is 82.5 Å². The molecule has 34 heavy (non-hydrogen) atoms. The first-order valence-corrected chi connectivity index (χ1v) is 13.9. The molecule has 178 valence electrons. The number of aromatic nitrogens is 2. The lowest BCUT2D eigenvalue weighted by molar-refractivity contribution is 0.0757. The smallest absolute Gasteiger partial charge is 0.328 e. The molecule has 0 spiro atoms. The number of nitrogens with zero attached hydrogens (tertiary/aromatic N) is 1. The highest BCUT2D eigenvalue weighted by Gasteiger charge is 2.67. The van der Waals surface area contributed by atoms with Crippen LogP contribution in [0.25, 0.3) is 0 Å². The van der Waals surface area contributed by atoms with Crippen LogP contribution in [0.4, 0.5) is 0 Å². The van der Waals surface area contributed by atoms with E-state index < -0.39 is 31.2 Å². The van der Waals surface area contributed by atoms with Crippen LogP contribution in [0.2, 0.25) is 5.04 Å². The molecule has 1 aromatic heterocycles. The summed E-state index contributed by atoms with van der Waals surface area (Å²) >= 11 is 0. The highest BCUT2D eigenvalue weighted by Crippen LogP contribution is 2.63. The van der Waals surface area contributed by atoms with Gasteiger partial charge >= 0.3 is 5.69 Å². The third kappa shape index (κ3) is 3.54. The van der Waals surface area contributed by atoms with Crippen LogP contribution in [0.3, 0.4) is 0 Å². The van der Waals surface area contributed by atoms with E-state index in [0.29, 0.717) is 13.0 Å². The van der Waals surface area contributed by atoms with Crippen molar-refractivity contribution in [3.63, 3.8) is 0 Å². The molecule has 3 aromatic rings. The highest BCUT2D eigenvalue weighted by atomic mass is 28.4. The molecule has 2 aliphatic rings. The average Bonchev–Trinajstić information content (AvgIpc) is 3.43. The van der Waals surface area contributed by atoms with Crippen molar-refractivity contribution in [2.24, 2.45) is 11.8 Å². The molecule has 5 rings (SSSR count). The van der Waals surface area contributed by atoms with Gasteiger partial charge in [-0.2, -0.15) is 0 Å². The van der Waals surface area contributed by atoms with Crippen molar-refractivity contribution in [2.45, 2.75) is 50.3 Å². The van der Waals surface area contributed by atoms with Gasteiger partial charge in [0.1, 0.15) is 0 Å². The van der Waals surface area contributed by atoms with Crippen LogP contribution >= 0.6 is 0 Å². The molecule has 6 nitrogen and oxygen atoms in total. The third-order valence-electron chi connectivity index (χ3n) is 7.89. The van der Waals surface area contributed by atoms with E-state index in [-0.39, 0.29) is 16.9 Å². The Balaban J connectivity index is 1.49. The summed E-state index contributed by atoms with van der Waals surface area (Å²) < 4.78 is 8.70. The van der Waals surface area contributed by atoms with Gasteiger partial charge in [0.05, 0.1) is 11.6 Å². The lowest BCUT2D eigenvalue weighted by atomic mass is 10.0. The number of aliphatic hydroxyl groups excluding tert-OH is 1. The second-order valence-electron chi connectivity index (χ2n) is 10.8. The number of fused-ring (bicyclic) bond motifs is 1. The molecule has 7 heteroatoms. The van der Waals surface area contributed by atoms with Crippen molar-refractivity contribution < 1.29 is 9.53 Å². The first-order chi connectivity index (χ1) is 16.2. The molecule has 0 unspecified atom stereocenters. The third-order valence-corrected chi connectivity index (χ3v) is 12.9. The minimum atomic E-state index is -2.71. The minimum Gasteiger partial charge on any atom is -0.407 e. The van der Waals surface area contributed by atoms with Crippen molar-refractivity contribution in [1.29, 1.82) is 0 Å². The summed E-state index contributed by atoms with van der Waals surface area (Å²) in [5, 5.41) is 13.3. The minimum absolute atomic E-state index is 0.0690. The SMILES string of the molecule is CC(C)(C)[Si](OC[C@@H]1[C@@H](O)C[C@@]2(n3ccc(=O)[nH]c3=O)C[C@@H]12)(c1ccccc1)c1ccccc1. The predicted octanol–water partition coefficient (Wildman–Crippen LogP) is 2.21. The summed E-state index contributed by atoms with van der Waals surface area (Å²) in [6, 6.07) is 22.3. The molecule has 2 saturated carbocycles. The van der Waals surface area contributed by atoms with Gasteiger partial charge in [-0.25, -0.2) is 4.79 Å². The second-order valence-corrected chi connectivity index (χ2v) is 15.1. The Morgan fingerprint density at radius 1 is 1.00 bits per heavy atom. The van der Waals surface area contributed by atoms with Crippen molar-refractivity contribution >= 4 is 18.7 Å². The van der Waals surface area contributed by atoms with Gasteiger partial charge in [0.15, 0.2) is 0 Å². The molecule has 0 radical (unpaired) electrons. The first kappa shape index (κ1) is 23.0. The van der Waals surface area contributed by atoms with Gasteiger partial charge in [-0.05, 0) is 34.2 Å². The van der Waals surface area contributed by atoms with E-state index in [1.807, 2.05) is 12.1 Å². The molecule has 1 heterocycles. The predicted molar refractivity (Wildman–Crippen MR) is 135 cm³/mol. The molecule has 2 aromatic carbocycles. The van der Waals surface area contributed by atoms with Crippen molar-refractivity contribution in [3.8, 4) is 0 Å². The summed E-state index contributed by atoms with van der Waals surface area (Å²) in [7, 11) is -2.71. The fourth-order valence-corrected chi connectivity index (χ4v) is 10.8. The van der Waals surface area contributed by atoms with Crippen LogP contribution in [0.5, 0.6) is 0 Å². The number of hydrogen-bond donors (Lipinski definition) is 2. The molecule has 2 aliphatic carbocycles. The van der Waals surface area contributed by atoms with E-state index >= 15 is 0 Å². The number of nitrogens with one attached hydrogen (secondary N) is 1. The van der Waals surface area contributed by atoms with Gasteiger partial charge in [0, 0.05) is 24.8 Å². The Morgan fingerprint density at radius 2 is 1.59 bits per heavy atom. The van der Waals surface area contributed by atoms with E-state index in [1.165, 1.54) is 16.4 Å². The van der Waals surface area contributed by atoms with Crippen LogP contribution < -0.4 is 21.6 Å². The number of aromatic amines is 1. The second kappa shape index (κ2) is 8.18. The van der Waals surface area contributed by atoms with E-state index in [2.05, 4.69) is 74.3 Å². The zero-order valence-corrected chi connectivity index (χ0v) is 20.9. The molecule has 2 fully saturated rings. The Hall–Kier alpha value is -2.74. The number of aliphatic hydroxyl groups is 1. The van der Waals surface area contributed by atoms with E-state index in [0.717, 1.165) is 6.42 Å². The summed E-state index contributed by atoms with van der Waals surface area (Å²) in [6.45, 7) is 7.15. The standard InChI is InChI=1S/C27H32N2O4Si/c1-26(2,3)34(19-10-6-4-7-11-19,20-12-8-5-9-13-20)33-18-21-22-16-27(22,17-23(21)30)29-15-14-24(31)28-25(29)32/h4-15,21-23,30H,16-18H2,1-3H3,(H,28,31,32)/t21-,22-,23-,27-/m0/s1. The maximum absolute atomic E-state index is 12.5. The van der Waals surface area contributed by atoms with Gasteiger partial charge in [0.2, 0.25) is 0 Å². The zero-order valence-electron chi connectivity index (χ0n) is 19.9. The molecular weight excluding hydrogens is 444 g/mol. The number of benzene rings is 2. The van der Waals surface area contributed by atoms with Crippen LogP contribution in [0, 0.1) is 11.8 Å². The van der Waals surface area contributed by atoms with E-state index in [1.54, 1.807) is 10.8 Å². The van der Waals surface area contributed by atoms with Crippen molar-refractivity contribution in [1.82, 2.24) is 9.55 Å². The molecule has 2 N–H and O–H groups in total. The Bertz CT molecular complexity index is 1240. The van der Waals surface area contributed by atoms with Gasteiger partial charge in [-0.3, -0.25) is 14.3 Å². The zero-order chi connectivity index (χ0) is 24.1. The van der Waals surface area contributed by atoms with E-state index in [4.69, 9.17) is 4.43 Å². The van der Waals surface area contributed by atoms with E-state index in [9.17, 15) is 14.7 Å². The normalized spacial score (nSPS) is 26.3. The molecule has 4 atom stereocenters. The average molecular weight is 477 g/mol. The first-order valence-electron chi connectivity index (χ1n) is 11.9. The fraction of sp³-hybridized carbons (Fsp3) is 0.407. The van der Waals surface area contributed by atoms with Crippen molar-refractivity contribution in [2.75, 3.05) is 6.61 Å². The largest absolute Gasteiger partial charge is 0.407 e. The topological polar surface area (TPSA) is 84.3 Å². The van der Waals surface area contributed by atoms with Crippen molar-refractivity contribution in [3.05, 3.63) is 93.8 Å². The van der Waals surface area contributed by atoms with Gasteiger partial charge in [-0.15, -0.1) is 0 Å². The molecular formula is C27H32N2O4Si.